The fourth-order valence-corrected chi connectivity index (χ4v) is 3.83. The van der Waals surface area contributed by atoms with Crippen LogP contribution >= 0.6 is 0 Å². The van der Waals surface area contributed by atoms with Crippen molar-refractivity contribution in [1.29, 1.82) is 0 Å². The van der Waals surface area contributed by atoms with Gasteiger partial charge >= 0.3 is 0 Å². The molecule has 3 atom stereocenters. The summed E-state index contributed by atoms with van der Waals surface area (Å²) in [5, 5.41) is 10.1. The Bertz CT molecular complexity index is 606. The van der Waals surface area contributed by atoms with Crippen molar-refractivity contribution < 1.29 is 5.11 Å². The zero-order valence-electron chi connectivity index (χ0n) is 14.4. The van der Waals surface area contributed by atoms with Gasteiger partial charge in [0.15, 0.2) is 0 Å². The monoisotopic (exact) mass is 324 g/mol. The molecule has 0 aromatic heterocycles. The second kappa shape index (κ2) is 7.93. The first-order valence-corrected chi connectivity index (χ1v) is 8.94. The Kier molecular flexibility index (Phi) is 5.67. The minimum atomic E-state index is -0.526. The van der Waals surface area contributed by atoms with E-state index in [1.54, 1.807) is 6.92 Å². The van der Waals surface area contributed by atoms with Crippen LogP contribution in [-0.4, -0.2) is 35.2 Å². The Morgan fingerprint density at radius 2 is 1.50 bits per heavy atom. The lowest BCUT2D eigenvalue weighted by Crippen LogP contribution is -2.48. The number of benzene rings is 2. The standard InChI is InChI=1S/C21H28N2O/c1-16(24)20(22)21(19-10-6-3-7-11-19)23-14-12-18(13-15-23)17-8-4-2-5-9-17/h2-11,16,18,20-21,24H,12-15,22H2,1H3/t16-,20+,21-/m1/s1. The summed E-state index contributed by atoms with van der Waals surface area (Å²) in [4.78, 5) is 2.45. The molecule has 2 aromatic rings. The lowest BCUT2D eigenvalue weighted by molar-refractivity contribution is 0.0719. The van der Waals surface area contributed by atoms with Crippen LogP contribution in [0.1, 0.15) is 42.9 Å². The van der Waals surface area contributed by atoms with Crippen LogP contribution in [0.2, 0.25) is 0 Å². The number of nitrogens with zero attached hydrogens (tertiary/aromatic N) is 1. The van der Waals surface area contributed by atoms with E-state index in [4.69, 9.17) is 5.73 Å². The molecule has 3 rings (SSSR count). The fraction of sp³-hybridized carbons (Fsp3) is 0.429. The molecule has 1 aliphatic rings. The van der Waals surface area contributed by atoms with Crippen molar-refractivity contribution >= 4 is 0 Å². The van der Waals surface area contributed by atoms with E-state index in [2.05, 4.69) is 47.4 Å². The number of aliphatic hydroxyl groups is 1. The quantitative estimate of drug-likeness (QED) is 0.887. The molecule has 2 aromatic carbocycles. The molecule has 1 fully saturated rings. The lowest BCUT2D eigenvalue weighted by atomic mass is 9.86. The van der Waals surface area contributed by atoms with E-state index in [0.717, 1.165) is 25.9 Å². The average molecular weight is 324 g/mol. The van der Waals surface area contributed by atoms with Crippen molar-refractivity contribution in [3.05, 3.63) is 71.8 Å². The van der Waals surface area contributed by atoms with E-state index >= 15 is 0 Å². The number of rotatable bonds is 5. The Balaban J connectivity index is 1.73. The molecule has 0 bridgehead atoms. The summed E-state index contributed by atoms with van der Waals surface area (Å²) in [6.45, 7) is 3.82. The smallest absolute Gasteiger partial charge is 0.0681 e. The zero-order chi connectivity index (χ0) is 16.9. The van der Waals surface area contributed by atoms with Gasteiger partial charge in [-0.05, 0) is 49.9 Å². The van der Waals surface area contributed by atoms with Crippen LogP contribution in [0, 0.1) is 0 Å². The van der Waals surface area contributed by atoms with Crippen LogP contribution in [0.15, 0.2) is 60.7 Å². The van der Waals surface area contributed by atoms with Crippen molar-refractivity contribution in [2.45, 2.75) is 43.9 Å². The maximum Gasteiger partial charge on any atom is 0.0681 e. The van der Waals surface area contributed by atoms with Crippen LogP contribution in [0.3, 0.4) is 0 Å². The van der Waals surface area contributed by atoms with Gasteiger partial charge in [-0.25, -0.2) is 0 Å². The van der Waals surface area contributed by atoms with E-state index in [-0.39, 0.29) is 12.1 Å². The molecule has 1 heterocycles. The van der Waals surface area contributed by atoms with E-state index in [1.807, 2.05) is 18.2 Å². The second-order valence-electron chi connectivity index (χ2n) is 6.89. The molecule has 0 amide bonds. The fourth-order valence-electron chi connectivity index (χ4n) is 3.83. The third-order valence-electron chi connectivity index (χ3n) is 5.26. The molecular weight excluding hydrogens is 296 g/mol. The molecule has 128 valence electrons. The van der Waals surface area contributed by atoms with Crippen molar-refractivity contribution in [3.63, 3.8) is 0 Å². The van der Waals surface area contributed by atoms with Gasteiger partial charge in [0.1, 0.15) is 0 Å². The molecule has 3 N–H and O–H groups in total. The van der Waals surface area contributed by atoms with Gasteiger partial charge in [-0.3, -0.25) is 4.90 Å². The summed E-state index contributed by atoms with van der Waals surface area (Å²) >= 11 is 0. The van der Waals surface area contributed by atoms with E-state index in [0.29, 0.717) is 5.92 Å². The highest BCUT2D eigenvalue weighted by Gasteiger charge is 2.32. The van der Waals surface area contributed by atoms with Crippen molar-refractivity contribution in [3.8, 4) is 0 Å². The van der Waals surface area contributed by atoms with Crippen LogP contribution in [0.25, 0.3) is 0 Å². The number of hydrogen-bond acceptors (Lipinski definition) is 3. The van der Waals surface area contributed by atoms with Crippen molar-refractivity contribution in [1.82, 2.24) is 4.90 Å². The first-order valence-electron chi connectivity index (χ1n) is 8.94. The number of aliphatic hydroxyl groups excluding tert-OH is 1. The van der Waals surface area contributed by atoms with Crippen molar-refractivity contribution in [2.24, 2.45) is 5.73 Å². The van der Waals surface area contributed by atoms with Gasteiger partial charge in [-0.15, -0.1) is 0 Å². The Labute approximate surface area is 145 Å². The second-order valence-corrected chi connectivity index (χ2v) is 6.89. The third kappa shape index (κ3) is 3.86. The molecule has 3 nitrogen and oxygen atoms in total. The summed E-state index contributed by atoms with van der Waals surface area (Å²) in [6.07, 6.45) is 1.75. The minimum absolute atomic E-state index is 0.0722. The molecule has 0 saturated carbocycles. The molecule has 1 aliphatic heterocycles. The molecule has 0 radical (unpaired) electrons. The topological polar surface area (TPSA) is 49.5 Å². The van der Waals surface area contributed by atoms with E-state index < -0.39 is 6.10 Å². The molecular formula is C21H28N2O. The number of nitrogens with two attached hydrogens (primary N) is 1. The predicted molar refractivity (Wildman–Crippen MR) is 98.8 cm³/mol. The van der Waals surface area contributed by atoms with E-state index in [9.17, 15) is 5.11 Å². The van der Waals surface area contributed by atoms with Crippen molar-refractivity contribution in [2.75, 3.05) is 13.1 Å². The van der Waals surface area contributed by atoms with Gasteiger partial charge < -0.3 is 10.8 Å². The summed E-state index contributed by atoms with van der Waals surface area (Å²) in [6, 6.07) is 20.9. The minimum Gasteiger partial charge on any atom is -0.392 e. The maximum absolute atomic E-state index is 10.1. The molecule has 1 saturated heterocycles. The number of piperidine rings is 1. The van der Waals surface area contributed by atoms with Crippen LogP contribution in [-0.2, 0) is 0 Å². The Hall–Kier alpha value is -1.68. The van der Waals surface area contributed by atoms with Gasteiger partial charge in [0.25, 0.3) is 0 Å². The summed E-state index contributed by atoms with van der Waals surface area (Å²) < 4.78 is 0. The summed E-state index contributed by atoms with van der Waals surface area (Å²) in [5.74, 6) is 0.627. The van der Waals surface area contributed by atoms with Gasteiger partial charge in [-0.2, -0.15) is 0 Å². The molecule has 3 heteroatoms. The predicted octanol–water partition coefficient (Wildman–Crippen LogP) is 3.32. The molecule has 24 heavy (non-hydrogen) atoms. The summed E-state index contributed by atoms with van der Waals surface area (Å²) in [5.41, 5.74) is 9.01. The van der Waals surface area contributed by atoms with Crippen LogP contribution in [0.4, 0.5) is 0 Å². The maximum atomic E-state index is 10.1. The first kappa shape index (κ1) is 17.2. The van der Waals surface area contributed by atoms with Crippen LogP contribution < -0.4 is 5.73 Å². The van der Waals surface area contributed by atoms with Gasteiger partial charge in [0.2, 0.25) is 0 Å². The Morgan fingerprint density at radius 3 is 2.04 bits per heavy atom. The van der Waals surface area contributed by atoms with Gasteiger partial charge in [-0.1, -0.05) is 60.7 Å². The zero-order valence-corrected chi connectivity index (χ0v) is 14.4. The highest BCUT2D eigenvalue weighted by atomic mass is 16.3. The largest absolute Gasteiger partial charge is 0.392 e. The molecule has 0 aliphatic carbocycles. The van der Waals surface area contributed by atoms with E-state index in [1.165, 1.54) is 11.1 Å². The third-order valence-corrected chi connectivity index (χ3v) is 5.26. The highest BCUT2D eigenvalue weighted by molar-refractivity contribution is 5.23. The summed E-state index contributed by atoms with van der Waals surface area (Å²) in [7, 11) is 0. The lowest BCUT2D eigenvalue weighted by Gasteiger charge is -2.41. The highest BCUT2D eigenvalue weighted by Crippen LogP contribution is 2.33. The molecule has 0 unspecified atom stereocenters. The Morgan fingerprint density at radius 1 is 0.958 bits per heavy atom. The first-order chi connectivity index (χ1) is 11.7. The average Bonchev–Trinajstić information content (AvgIpc) is 2.64. The molecule has 0 spiro atoms. The van der Waals surface area contributed by atoms with Gasteiger partial charge in [0, 0.05) is 0 Å². The number of likely N-dealkylation sites (tertiary alicyclic amines) is 1. The van der Waals surface area contributed by atoms with Crippen LogP contribution in [0.5, 0.6) is 0 Å². The number of hydrogen-bond donors (Lipinski definition) is 2. The van der Waals surface area contributed by atoms with Gasteiger partial charge in [0.05, 0.1) is 18.2 Å². The SMILES string of the molecule is C[C@@H](O)[C@H](N)[C@@H](c1ccccc1)N1CCC(c2ccccc2)CC1. The normalized spacial score (nSPS) is 20.5.